The van der Waals surface area contributed by atoms with Gasteiger partial charge < -0.3 is 26.0 Å². The van der Waals surface area contributed by atoms with Crippen molar-refractivity contribution in [2.24, 2.45) is 5.92 Å². The van der Waals surface area contributed by atoms with Crippen molar-refractivity contribution in [2.75, 3.05) is 33.2 Å². The Morgan fingerprint density at radius 3 is 2.04 bits per heavy atom. The molecule has 0 fully saturated rings. The van der Waals surface area contributed by atoms with Crippen LogP contribution in [0, 0.1) is 5.92 Å². The molecule has 0 aliphatic carbocycles. The van der Waals surface area contributed by atoms with E-state index < -0.39 is 30.5 Å². The van der Waals surface area contributed by atoms with E-state index in [9.17, 15) is 14.4 Å². The van der Waals surface area contributed by atoms with Gasteiger partial charge in [-0.25, -0.2) is 0 Å². The highest BCUT2D eigenvalue weighted by molar-refractivity contribution is 5.91. The number of hydrogen-bond donors (Lipinski definition) is 4. The summed E-state index contributed by atoms with van der Waals surface area (Å²) in [5, 5.41) is 16.9. The number of carboxylic acids is 1. The molecule has 0 aromatic heterocycles. The van der Waals surface area contributed by atoms with Crippen LogP contribution in [-0.2, 0) is 14.4 Å². The molecule has 0 aliphatic rings. The van der Waals surface area contributed by atoms with E-state index in [2.05, 4.69) is 34.7 Å². The first-order valence-corrected chi connectivity index (χ1v) is 10.5. The van der Waals surface area contributed by atoms with E-state index in [1.54, 1.807) is 7.05 Å². The second-order valence-electron chi connectivity index (χ2n) is 7.52. The van der Waals surface area contributed by atoms with Gasteiger partial charge in [-0.1, -0.05) is 27.7 Å². The predicted molar refractivity (Wildman–Crippen MR) is 111 cm³/mol. The average molecular weight is 401 g/mol. The highest BCUT2D eigenvalue weighted by Gasteiger charge is 2.26. The number of carbonyl (C=O) groups is 3. The Hall–Kier alpha value is -1.67. The zero-order valence-corrected chi connectivity index (χ0v) is 18.2. The zero-order chi connectivity index (χ0) is 21.5. The summed E-state index contributed by atoms with van der Waals surface area (Å²) in [7, 11) is 1.71. The predicted octanol–water partition coefficient (Wildman–Crippen LogP) is 1.21. The third-order valence-electron chi connectivity index (χ3n) is 4.60. The van der Waals surface area contributed by atoms with Gasteiger partial charge in [-0.2, -0.15) is 0 Å². The highest BCUT2D eigenvalue weighted by Crippen LogP contribution is 2.07. The first kappa shape index (κ1) is 26.3. The molecule has 0 heterocycles. The number of unbranched alkanes of at least 4 members (excludes halogenated alkanes) is 1. The highest BCUT2D eigenvalue weighted by atomic mass is 16.4. The Labute approximate surface area is 169 Å². The quantitative estimate of drug-likeness (QED) is 0.290. The van der Waals surface area contributed by atoms with Crippen molar-refractivity contribution in [3.8, 4) is 0 Å². The SMILES string of the molecule is CCCN(CCC)CCCC[C@H](NC(=O)[C@@H](NC)C(C)C)C(=O)NCC(=O)O. The molecule has 2 amide bonds. The molecule has 0 bridgehead atoms. The molecule has 4 N–H and O–H groups in total. The summed E-state index contributed by atoms with van der Waals surface area (Å²) in [4.78, 5) is 38.0. The second kappa shape index (κ2) is 15.3. The number of rotatable bonds is 16. The van der Waals surface area contributed by atoms with Crippen LogP contribution >= 0.6 is 0 Å². The molecule has 164 valence electrons. The van der Waals surface area contributed by atoms with E-state index in [0.717, 1.165) is 45.3 Å². The molecule has 0 saturated carbocycles. The number of nitrogens with one attached hydrogen (secondary N) is 3. The lowest BCUT2D eigenvalue weighted by atomic mass is 10.0. The maximum absolute atomic E-state index is 12.5. The van der Waals surface area contributed by atoms with Gasteiger partial charge in [0.25, 0.3) is 0 Å². The smallest absolute Gasteiger partial charge is 0.322 e. The maximum atomic E-state index is 12.5. The van der Waals surface area contributed by atoms with Crippen LogP contribution in [0.15, 0.2) is 0 Å². The van der Waals surface area contributed by atoms with Crippen LogP contribution in [0.5, 0.6) is 0 Å². The van der Waals surface area contributed by atoms with E-state index in [1.165, 1.54) is 0 Å². The second-order valence-corrected chi connectivity index (χ2v) is 7.52. The topological polar surface area (TPSA) is 111 Å². The number of carboxylic acid groups (broad SMARTS) is 1. The number of amides is 2. The van der Waals surface area contributed by atoms with Crippen molar-refractivity contribution >= 4 is 17.8 Å². The van der Waals surface area contributed by atoms with Crippen LogP contribution < -0.4 is 16.0 Å². The minimum absolute atomic E-state index is 0.0735. The van der Waals surface area contributed by atoms with E-state index >= 15 is 0 Å². The van der Waals surface area contributed by atoms with Gasteiger partial charge in [0.1, 0.15) is 12.6 Å². The van der Waals surface area contributed by atoms with E-state index in [-0.39, 0.29) is 11.8 Å². The molecule has 2 atom stereocenters. The molecule has 0 unspecified atom stereocenters. The molecule has 0 saturated heterocycles. The Morgan fingerprint density at radius 1 is 0.964 bits per heavy atom. The summed E-state index contributed by atoms with van der Waals surface area (Å²) < 4.78 is 0. The normalized spacial score (nSPS) is 13.4. The summed E-state index contributed by atoms with van der Waals surface area (Å²) in [6, 6.07) is -1.13. The monoisotopic (exact) mass is 400 g/mol. The fraction of sp³-hybridized carbons (Fsp3) is 0.850. The molecule has 8 nitrogen and oxygen atoms in total. The van der Waals surface area contributed by atoms with Crippen molar-refractivity contribution < 1.29 is 19.5 Å². The number of aliphatic carboxylic acids is 1. The van der Waals surface area contributed by atoms with Crippen molar-refractivity contribution in [2.45, 2.75) is 71.9 Å². The summed E-state index contributed by atoms with van der Waals surface area (Å²) >= 11 is 0. The summed E-state index contributed by atoms with van der Waals surface area (Å²) in [5.74, 6) is -1.73. The number of likely N-dealkylation sites (N-methyl/N-ethyl adjacent to an activating group) is 1. The standard InChI is InChI=1S/C20H40N4O4/c1-6-11-24(12-7-2)13-9-8-10-16(19(27)22-14-17(25)26)23-20(28)18(21-5)15(3)4/h15-16,18,21H,6-14H2,1-5H3,(H,22,27)(H,23,28)(H,25,26)/t16-,18-/m0/s1. The van der Waals surface area contributed by atoms with Gasteiger partial charge >= 0.3 is 5.97 Å². The summed E-state index contributed by atoms with van der Waals surface area (Å²) in [6.07, 6.45) is 4.41. The zero-order valence-electron chi connectivity index (χ0n) is 18.2. The van der Waals surface area contributed by atoms with Crippen LogP contribution in [0.1, 0.15) is 59.8 Å². The molecule has 0 aliphatic heterocycles. The average Bonchev–Trinajstić information content (AvgIpc) is 2.62. The molecular formula is C20H40N4O4. The molecule has 0 radical (unpaired) electrons. The van der Waals surface area contributed by atoms with Gasteiger partial charge in [-0.15, -0.1) is 0 Å². The van der Waals surface area contributed by atoms with E-state index in [1.807, 2.05) is 13.8 Å². The van der Waals surface area contributed by atoms with Crippen molar-refractivity contribution in [3.63, 3.8) is 0 Å². The Balaban J connectivity index is 4.78. The van der Waals surface area contributed by atoms with Crippen molar-refractivity contribution in [3.05, 3.63) is 0 Å². The van der Waals surface area contributed by atoms with Gasteiger partial charge in [-0.05, 0) is 64.7 Å². The molecule has 0 rings (SSSR count). The van der Waals surface area contributed by atoms with Gasteiger partial charge in [-0.3, -0.25) is 14.4 Å². The Bertz CT molecular complexity index is 465. The van der Waals surface area contributed by atoms with Crippen LogP contribution in [0.2, 0.25) is 0 Å². The van der Waals surface area contributed by atoms with Gasteiger partial charge in [0, 0.05) is 0 Å². The molecule has 28 heavy (non-hydrogen) atoms. The Kier molecular flexibility index (Phi) is 14.4. The first-order valence-electron chi connectivity index (χ1n) is 10.5. The maximum Gasteiger partial charge on any atom is 0.322 e. The Morgan fingerprint density at radius 2 is 1.57 bits per heavy atom. The number of nitrogens with zero attached hydrogens (tertiary/aromatic N) is 1. The summed E-state index contributed by atoms with van der Waals surface area (Å²) in [5.41, 5.74) is 0. The molecule has 8 heteroatoms. The van der Waals surface area contributed by atoms with Gasteiger partial charge in [0.2, 0.25) is 11.8 Å². The minimum atomic E-state index is -1.11. The number of hydrogen-bond acceptors (Lipinski definition) is 5. The van der Waals surface area contributed by atoms with Gasteiger partial charge in [0.15, 0.2) is 0 Å². The lowest BCUT2D eigenvalue weighted by Gasteiger charge is -2.24. The minimum Gasteiger partial charge on any atom is -0.480 e. The lowest BCUT2D eigenvalue weighted by Crippen LogP contribution is -2.54. The third-order valence-corrected chi connectivity index (χ3v) is 4.60. The fourth-order valence-corrected chi connectivity index (χ4v) is 3.24. The van der Waals surface area contributed by atoms with Crippen LogP contribution in [0.4, 0.5) is 0 Å². The van der Waals surface area contributed by atoms with Crippen molar-refractivity contribution in [1.29, 1.82) is 0 Å². The van der Waals surface area contributed by atoms with Crippen LogP contribution in [0.25, 0.3) is 0 Å². The van der Waals surface area contributed by atoms with Crippen molar-refractivity contribution in [1.82, 2.24) is 20.9 Å². The molecular weight excluding hydrogens is 360 g/mol. The number of carbonyl (C=O) groups excluding carboxylic acids is 2. The fourth-order valence-electron chi connectivity index (χ4n) is 3.24. The third kappa shape index (κ3) is 11.2. The van der Waals surface area contributed by atoms with Crippen LogP contribution in [0.3, 0.4) is 0 Å². The summed E-state index contributed by atoms with van der Waals surface area (Å²) in [6.45, 7) is 10.8. The lowest BCUT2D eigenvalue weighted by molar-refractivity contribution is -0.138. The molecule has 0 spiro atoms. The van der Waals surface area contributed by atoms with Gasteiger partial charge in [0.05, 0.1) is 6.04 Å². The largest absolute Gasteiger partial charge is 0.480 e. The van der Waals surface area contributed by atoms with Crippen LogP contribution in [-0.4, -0.2) is 73.1 Å². The van der Waals surface area contributed by atoms with E-state index in [0.29, 0.717) is 6.42 Å². The molecule has 0 aromatic carbocycles. The first-order chi connectivity index (χ1) is 13.3. The molecule has 0 aromatic rings. The van der Waals surface area contributed by atoms with E-state index in [4.69, 9.17) is 5.11 Å².